The average molecular weight is 459 g/mol. The number of nitrogens with zero attached hydrogens (tertiary/aromatic N) is 1. The molecule has 7 nitrogen and oxygen atoms in total. The lowest BCUT2D eigenvalue weighted by atomic mass is 9.82. The molecular formula is C21H28F2N2O5S. The van der Waals surface area contributed by atoms with Gasteiger partial charge < -0.3 is 14.4 Å². The molecule has 1 aliphatic carbocycles. The number of nitrogens with one attached hydrogen (secondary N) is 1. The molecule has 0 radical (unpaired) electrons. The quantitative estimate of drug-likeness (QED) is 0.753. The summed E-state index contributed by atoms with van der Waals surface area (Å²) in [7, 11) is -4.78. The van der Waals surface area contributed by atoms with Crippen molar-refractivity contribution in [3.8, 4) is 5.75 Å². The molecule has 1 N–H and O–H groups in total. The van der Waals surface area contributed by atoms with Crippen molar-refractivity contribution >= 4 is 15.9 Å². The highest BCUT2D eigenvalue weighted by atomic mass is 32.2. The molecule has 3 heterocycles. The first-order valence-corrected chi connectivity index (χ1v) is 12.3. The molecule has 4 aliphatic rings. The molecule has 31 heavy (non-hydrogen) atoms. The van der Waals surface area contributed by atoms with E-state index < -0.39 is 27.9 Å². The number of carbonyl (C=O) groups excluding carboxylic acids is 1. The van der Waals surface area contributed by atoms with Crippen molar-refractivity contribution in [2.75, 3.05) is 19.8 Å². The number of hydrogen-bond acceptors (Lipinski definition) is 5. The minimum absolute atomic E-state index is 0.00341. The predicted molar refractivity (Wildman–Crippen MR) is 109 cm³/mol. The van der Waals surface area contributed by atoms with Crippen molar-refractivity contribution in [2.24, 2.45) is 0 Å². The highest BCUT2D eigenvalue weighted by Gasteiger charge is 2.39. The number of alkyl halides is 2. The lowest BCUT2D eigenvalue weighted by Crippen LogP contribution is -2.60. The van der Waals surface area contributed by atoms with E-state index in [0.717, 1.165) is 31.2 Å². The number of carbonyl (C=O) groups is 1. The van der Waals surface area contributed by atoms with Crippen molar-refractivity contribution in [3.05, 3.63) is 29.8 Å². The van der Waals surface area contributed by atoms with Crippen LogP contribution in [0.15, 0.2) is 24.3 Å². The summed E-state index contributed by atoms with van der Waals surface area (Å²) < 4.78 is 63.6. The summed E-state index contributed by atoms with van der Waals surface area (Å²) in [5.74, 6) is -2.82. The van der Waals surface area contributed by atoms with Gasteiger partial charge in [0.05, 0.1) is 18.8 Å². The zero-order chi connectivity index (χ0) is 22.0. The Bertz CT molecular complexity index is 890. The summed E-state index contributed by atoms with van der Waals surface area (Å²) >= 11 is 0. The topological polar surface area (TPSA) is 84.9 Å². The van der Waals surface area contributed by atoms with Gasteiger partial charge in [0.15, 0.2) is 6.61 Å². The molecule has 3 aliphatic heterocycles. The van der Waals surface area contributed by atoms with Gasteiger partial charge in [0.1, 0.15) is 5.75 Å². The third-order valence-electron chi connectivity index (χ3n) is 6.54. The van der Waals surface area contributed by atoms with Crippen LogP contribution in [0.3, 0.4) is 0 Å². The number of rotatable bonds is 3. The molecule has 0 spiro atoms. The third-order valence-corrected chi connectivity index (χ3v) is 7.64. The second-order valence-electron chi connectivity index (χ2n) is 8.46. The Labute approximate surface area is 181 Å². The van der Waals surface area contributed by atoms with E-state index >= 15 is 0 Å². The van der Waals surface area contributed by atoms with Gasteiger partial charge in [0.2, 0.25) is 0 Å². The summed E-state index contributed by atoms with van der Waals surface area (Å²) in [6.07, 6.45) is 4.39. The van der Waals surface area contributed by atoms with Crippen molar-refractivity contribution in [1.82, 2.24) is 9.62 Å². The van der Waals surface area contributed by atoms with Gasteiger partial charge in [0, 0.05) is 12.6 Å². The molecule has 1 aromatic rings. The van der Waals surface area contributed by atoms with Gasteiger partial charge in [-0.05, 0) is 56.1 Å². The van der Waals surface area contributed by atoms with E-state index in [1.165, 1.54) is 4.90 Å². The van der Waals surface area contributed by atoms with Gasteiger partial charge in [-0.15, -0.1) is 0 Å². The number of amides is 1. The molecule has 1 amide bonds. The minimum atomic E-state index is -4.78. The van der Waals surface area contributed by atoms with Gasteiger partial charge in [-0.1, -0.05) is 18.2 Å². The molecule has 5 rings (SSSR count). The Kier molecular flexibility index (Phi) is 6.78. The average Bonchev–Trinajstić information content (AvgIpc) is 2.77. The van der Waals surface area contributed by atoms with Crippen molar-refractivity contribution in [1.29, 1.82) is 0 Å². The zero-order valence-corrected chi connectivity index (χ0v) is 18.0. The summed E-state index contributed by atoms with van der Waals surface area (Å²) in [4.78, 5) is 14.5. The van der Waals surface area contributed by atoms with Gasteiger partial charge in [0.25, 0.3) is 15.9 Å². The van der Waals surface area contributed by atoms with Crippen molar-refractivity contribution in [2.45, 2.75) is 68.4 Å². The maximum Gasteiger partial charge on any atom is 0.350 e. The first kappa shape index (κ1) is 22.4. The molecule has 2 atom stereocenters. The van der Waals surface area contributed by atoms with Crippen molar-refractivity contribution in [3.63, 3.8) is 0 Å². The van der Waals surface area contributed by atoms with Crippen LogP contribution in [0.25, 0.3) is 0 Å². The minimum Gasteiger partial charge on any atom is -0.483 e. The summed E-state index contributed by atoms with van der Waals surface area (Å²) in [5, 5.41) is 0. The Balaban J connectivity index is 1.60. The second kappa shape index (κ2) is 9.38. The van der Waals surface area contributed by atoms with Gasteiger partial charge >= 0.3 is 5.76 Å². The maximum atomic E-state index is 13.0. The highest BCUT2D eigenvalue weighted by Crippen LogP contribution is 2.38. The van der Waals surface area contributed by atoms with E-state index in [1.54, 1.807) is 0 Å². The number of benzene rings is 1. The number of sulfonamides is 1. The Morgan fingerprint density at radius 1 is 1.10 bits per heavy atom. The van der Waals surface area contributed by atoms with Crippen LogP contribution in [-0.2, 0) is 19.6 Å². The normalized spacial score (nSPS) is 29.9. The molecule has 2 bridgehead atoms. The first-order valence-electron chi connectivity index (χ1n) is 10.8. The molecule has 1 saturated carbocycles. The Morgan fingerprint density at radius 2 is 1.84 bits per heavy atom. The van der Waals surface area contributed by atoms with E-state index in [1.807, 2.05) is 24.3 Å². The lowest BCUT2D eigenvalue weighted by molar-refractivity contribution is -0.140. The van der Waals surface area contributed by atoms with Gasteiger partial charge in [-0.25, -0.2) is 13.1 Å². The molecule has 0 aromatic heterocycles. The lowest BCUT2D eigenvalue weighted by Gasteiger charge is -2.41. The monoisotopic (exact) mass is 458 g/mol. The van der Waals surface area contributed by atoms with E-state index in [0.29, 0.717) is 31.1 Å². The molecule has 1 saturated heterocycles. The fourth-order valence-electron chi connectivity index (χ4n) is 4.92. The number of ether oxygens (including phenoxy) is 2. The van der Waals surface area contributed by atoms with Crippen LogP contribution < -0.4 is 9.46 Å². The SMILES string of the molecule is O=C1COc2ccccc2C2CCC(CC2)OC[C@H]2[C@@H](NS(=O)(=O)C(F)F)CCCN12. The fourth-order valence-corrected chi connectivity index (χ4v) is 5.72. The van der Waals surface area contributed by atoms with Crippen LogP contribution >= 0.6 is 0 Å². The molecule has 1 aromatic carbocycles. The number of hydrogen-bond donors (Lipinski definition) is 1. The Hall–Kier alpha value is -1.78. The Morgan fingerprint density at radius 3 is 2.58 bits per heavy atom. The number of fused-ring (bicyclic) bond motifs is 5. The van der Waals surface area contributed by atoms with E-state index in [9.17, 15) is 22.0 Å². The van der Waals surface area contributed by atoms with Crippen molar-refractivity contribution < 1.29 is 31.5 Å². The maximum absolute atomic E-state index is 13.0. The van der Waals surface area contributed by atoms with Gasteiger partial charge in [-0.2, -0.15) is 8.78 Å². The number of halogens is 2. The van der Waals surface area contributed by atoms with E-state index in [2.05, 4.69) is 4.72 Å². The van der Waals surface area contributed by atoms with Crippen LogP contribution in [0.4, 0.5) is 8.78 Å². The van der Waals surface area contributed by atoms with Crippen LogP contribution in [0, 0.1) is 0 Å². The molecule has 10 heteroatoms. The highest BCUT2D eigenvalue weighted by molar-refractivity contribution is 7.89. The van der Waals surface area contributed by atoms with Crippen LogP contribution in [0.2, 0.25) is 0 Å². The summed E-state index contributed by atoms with van der Waals surface area (Å²) in [6, 6.07) is 6.24. The standard InChI is InChI=1S/C21H28F2N2O5S/c22-21(23)31(27,28)24-17-5-3-11-25-18(17)12-29-15-9-7-14(8-10-15)16-4-1-2-6-19(16)30-13-20(25)26/h1-2,4,6,14-15,17-18,21,24H,3,5,7-13H2/t14?,15?,17-,18-/m0/s1. The smallest absolute Gasteiger partial charge is 0.350 e. The molecule has 172 valence electrons. The summed E-state index contributed by atoms with van der Waals surface area (Å²) in [5.41, 5.74) is 1.09. The van der Waals surface area contributed by atoms with Crippen LogP contribution in [-0.4, -0.2) is 62.9 Å². The summed E-state index contributed by atoms with van der Waals surface area (Å²) in [6.45, 7) is 0.306. The van der Waals surface area contributed by atoms with E-state index in [-0.39, 0.29) is 25.2 Å². The zero-order valence-electron chi connectivity index (χ0n) is 17.2. The largest absolute Gasteiger partial charge is 0.483 e. The second-order valence-corrected chi connectivity index (χ2v) is 10.1. The number of para-hydroxylation sites is 1. The predicted octanol–water partition coefficient (Wildman–Crippen LogP) is 2.62. The first-order chi connectivity index (χ1) is 14.8. The molecule has 0 unspecified atom stereocenters. The van der Waals surface area contributed by atoms with Crippen LogP contribution in [0.1, 0.15) is 50.0 Å². The van der Waals surface area contributed by atoms with Crippen LogP contribution in [0.5, 0.6) is 5.75 Å². The van der Waals surface area contributed by atoms with E-state index in [4.69, 9.17) is 9.47 Å². The molecule has 2 fully saturated rings. The number of piperidine rings is 1. The third kappa shape index (κ3) is 5.01. The fraction of sp³-hybridized carbons (Fsp3) is 0.667. The van der Waals surface area contributed by atoms with Gasteiger partial charge in [-0.3, -0.25) is 4.79 Å². The molecular weight excluding hydrogens is 430 g/mol.